The fourth-order valence-electron chi connectivity index (χ4n) is 1.23. The summed E-state index contributed by atoms with van der Waals surface area (Å²) in [5.41, 5.74) is -0.818. The summed E-state index contributed by atoms with van der Waals surface area (Å²) in [6, 6.07) is 1.12. The van der Waals surface area contributed by atoms with Crippen molar-refractivity contribution in [1.29, 1.82) is 0 Å². The SMILES string of the molecule is COc1cc(Cl)nc(CC(=O)O)c1C(F)F. The van der Waals surface area contributed by atoms with Gasteiger partial charge in [-0.2, -0.15) is 0 Å². The second-order valence-corrected chi connectivity index (χ2v) is 3.27. The van der Waals surface area contributed by atoms with Crippen LogP contribution in [0, 0.1) is 0 Å². The molecule has 1 aromatic heterocycles. The number of rotatable bonds is 4. The Labute approximate surface area is 94.8 Å². The molecule has 1 aromatic rings. The Morgan fingerprint density at radius 1 is 1.69 bits per heavy atom. The fraction of sp³-hybridized carbons (Fsp3) is 0.333. The summed E-state index contributed by atoms with van der Waals surface area (Å²) in [6.45, 7) is 0. The summed E-state index contributed by atoms with van der Waals surface area (Å²) in [7, 11) is 1.20. The van der Waals surface area contributed by atoms with Crippen molar-refractivity contribution in [2.75, 3.05) is 7.11 Å². The van der Waals surface area contributed by atoms with Crippen molar-refractivity contribution in [3.05, 3.63) is 22.5 Å². The predicted octanol–water partition coefficient (Wildman–Crippen LogP) is 2.31. The standard InChI is InChI=1S/C9H8ClF2NO3/c1-16-5-3-6(10)13-4(2-7(14)15)8(5)9(11)12/h3,9H,2H2,1H3,(H,14,15). The van der Waals surface area contributed by atoms with Crippen LogP contribution in [-0.2, 0) is 11.2 Å². The molecule has 0 radical (unpaired) electrons. The zero-order valence-electron chi connectivity index (χ0n) is 8.21. The highest BCUT2D eigenvalue weighted by atomic mass is 35.5. The van der Waals surface area contributed by atoms with Gasteiger partial charge in [0.05, 0.1) is 24.8 Å². The van der Waals surface area contributed by atoms with E-state index in [1.807, 2.05) is 0 Å². The number of aromatic nitrogens is 1. The third-order valence-corrected chi connectivity index (χ3v) is 2.02. The van der Waals surface area contributed by atoms with Crippen molar-refractivity contribution in [1.82, 2.24) is 4.98 Å². The lowest BCUT2D eigenvalue weighted by atomic mass is 10.1. The van der Waals surface area contributed by atoms with Gasteiger partial charge in [0.1, 0.15) is 10.9 Å². The minimum Gasteiger partial charge on any atom is -0.496 e. The number of alkyl halides is 2. The average molecular weight is 252 g/mol. The van der Waals surface area contributed by atoms with E-state index in [0.29, 0.717) is 0 Å². The van der Waals surface area contributed by atoms with Gasteiger partial charge in [0.15, 0.2) is 0 Å². The number of aliphatic carboxylic acids is 1. The number of halogens is 3. The molecule has 1 heterocycles. The number of carboxylic acid groups (broad SMARTS) is 1. The van der Waals surface area contributed by atoms with Crippen LogP contribution in [-0.4, -0.2) is 23.2 Å². The summed E-state index contributed by atoms with van der Waals surface area (Å²) in [5, 5.41) is 8.47. The first kappa shape index (κ1) is 12.6. The molecule has 0 saturated carbocycles. The van der Waals surface area contributed by atoms with Crippen LogP contribution in [0.25, 0.3) is 0 Å². The van der Waals surface area contributed by atoms with Crippen LogP contribution in [0.4, 0.5) is 8.78 Å². The van der Waals surface area contributed by atoms with E-state index in [0.717, 1.165) is 6.07 Å². The average Bonchev–Trinajstić information content (AvgIpc) is 2.14. The van der Waals surface area contributed by atoms with Crippen LogP contribution in [0.1, 0.15) is 17.7 Å². The number of pyridine rings is 1. The van der Waals surface area contributed by atoms with E-state index >= 15 is 0 Å². The molecule has 16 heavy (non-hydrogen) atoms. The van der Waals surface area contributed by atoms with Gasteiger partial charge in [0.2, 0.25) is 0 Å². The van der Waals surface area contributed by atoms with Crippen LogP contribution in [0.15, 0.2) is 6.07 Å². The number of methoxy groups -OCH3 is 1. The molecular formula is C9H8ClF2NO3. The topological polar surface area (TPSA) is 59.4 Å². The smallest absolute Gasteiger partial charge is 0.309 e. The Morgan fingerprint density at radius 2 is 2.31 bits per heavy atom. The molecule has 1 N–H and O–H groups in total. The first-order valence-corrected chi connectivity index (χ1v) is 4.56. The summed E-state index contributed by atoms with van der Waals surface area (Å²) in [4.78, 5) is 14.1. The van der Waals surface area contributed by atoms with Crippen molar-refractivity contribution in [3.63, 3.8) is 0 Å². The second-order valence-electron chi connectivity index (χ2n) is 2.88. The molecule has 0 aliphatic rings. The molecule has 0 saturated heterocycles. The Kier molecular flexibility index (Phi) is 4.00. The second kappa shape index (κ2) is 5.07. The van der Waals surface area contributed by atoms with Gasteiger partial charge in [-0.1, -0.05) is 11.6 Å². The lowest BCUT2D eigenvalue weighted by Gasteiger charge is -2.11. The van der Waals surface area contributed by atoms with Crippen molar-refractivity contribution >= 4 is 17.6 Å². The predicted molar refractivity (Wildman–Crippen MR) is 52.1 cm³/mol. The van der Waals surface area contributed by atoms with E-state index in [1.165, 1.54) is 7.11 Å². The normalized spacial score (nSPS) is 10.6. The Balaban J connectivity index is 3.32. The molecule has 0 aromatic carbocycles. The Hall–Kier alpha value is -1.43. The van der Waals surface area contributed by atoms with Gasteiger partial charge in [-0.05, 0) is 0 Å². The molecule has 0 aliphatic carbocycles. The third kappa shape index (κ3) is 2.79. The molecule has 88 valence electrons. The van der Waals surface area contributed by atoms with Crippen LogP contribution in [0.5, 0.6) is 5.75 Å². The number of hydrogen-bond donors (Lipinski definition) is 1. The van der Waals surface area contributed by atoms with E-state index < -0.39 is 24.4 Å². The van der Waals surface area contributed by atoms with Crippen molar-refractivity contribution in [2.45, 2.75) is 12.8 Å². The molecule has 0 fully saturated rings. The van der Waals surface area contributed by atoms with Crippen LogP contribution >= 0.6 is 11.6 Å². The van der Waals surface area contributed by atoms with Crippen LogP contribution in [0.2, 0.25) is 5.15 Å². The molecule has 0 unspecified atom stereocenters. The highest BCUT2D eigenvalue weighted by molar-refractivity contribution is 6.29. The number of nitrogens with zero attached hydrogens (tertiary/aromatic N) is 1. The van der Waals surface area contributed by atoms with E-state index in [-0.39, 0.29) is 16.6 Å². The van der Waals surface area contributed by atoms with E-state index in [2.05, 4.69) is 4.98 Å². The molecular weight excluding hydrogens is 244 g/mol. The van der Waals surface area contributed by atoms with Gasteiger partial charge in [0.25, 0.3) is 6.43 Å². The first-order valence-electron chi connectivity index (χ1n) is 4.19. The summed E-state index contributed by atoms with van der Waals surface area (Å²) < 4.78 is 30.1. The molecule has 0 spiro atoms. The zero-order chi connectivity index (χ0) is 12.3. The van der Waals surface area contributed by atoms with Gasteiger partial charge in [-0.3, -0.25) is 4.79 Å². The van der Waals surface area contributed by atoms with Gasteiger partial charge >= 0.3 is 5.97 Å². The first-order chi connectivity index (χ1) is 7.45. The van der Waals surface area contributed by atoms with Crippen molar-refractivity contribution in [3.8, 4) is 5.75 Å². The van der Waals surface area contributed by atoms with Crippen molar-refractivity contribution in [2.24, 2.45) is 0 Å². The maximum Gasteiger partial charge on any atom is 0.309 e. The quantitative estimate of drug-likeness (QED) is 0.834. The van der Waals surface area contributed by atoms with Gasteiger partial charge < -0.3 is 9.84 Å². The zero-order valence-corrected chi connectivity index (χ0v) is 8.96. The Morgan fingerprint density at radius 3 is 2.75 bits per heavy atom. The van der Waals surface area contributed by atoms with Crippen molar-refractivity contribution < 1.29 is 23.4 Å². The molecule has 4 nitrogen and oxygen atoms in total. The maximum atomic E-state index is 12.7. The largest absolute Gasteiger partial charge is 0.496 e. The lowest BCUT2D eigenvalue weighted by molar-refractivity contribution is -0.136. The number of carbonyl (C=O) groups is 1. The van der Waals surface area contributed by atoms with E-state index in [1.54, 1.807) is 0 Å². The molecule has 0 aliphatic heterocycles. The Bertz CT molecular complexity index is 412. The minimum atomic E-state index is -2.87. The highest BCUT2D eigenvalue weighted by Gasteiger charge is 2.22. The van der Waals surface area contributed by atoms with E-state index in [9.17, 15) is 13.6 Å². The lowest BCUT2D eigenvalue weighted by Crippen LogP contribution is -2.08. The minimum absolute atomic E-state index is 0.0856. The summed E-state index contributed by atoms with van der Waals surface area (Å²) >= 11 is 5.56. The highest BCUT2D eigenvalue weighted by Crippen LogP contribution is 2.33. The van der Waals surface area contributed by atoms with Gasteiger partial charge in [0, 0.05) is 6.07 Å². The third-order valence-electron chi connectivity index (χ3n) is 1.83. The molecule has 1 rings (SSSR count). The molecule has 0 amide bonds. The molecule has 7 heteroatoms. The monoisotopic (exact) mass is 251 g/mol. The van der Waals surface area contributed by atoms with E-state index in [4.69, 9.17) is 21.4 Å². The maximum absolute atomic E-state index is 12.7. The number of hydrogen-bond acceptors (Lipinski definition) is 3. The van der Waals surface area contributed by atoms with Gasteiger partial charge in [-0.15, -0.1) is 0 Å². The van der Waals surface area contributed by atoms with Crippen LogP contribution in [0.3, 0.4) is 0 Å². The summed E-state index contributed by atoms with van der Waals surface area (Å²) in [6.07, 6.45) is -3.49. The molecule has 0 bridgehead atoms. The van der Waals surface area contributed by atoms with Gasteiger partial charge in [-0.25, -0.2) is 13.8 Å². The summed E-state index contributed by atoms with van der Waals surface area (Å²) in [5.74, 6) is -1.43. The number of ether oxygens (including phenoxy) is 1. The fourth-order valence-corrected chi connectivity index (χ4v) is 1.43. The van der Waals surface area contributed by atoms with Crippen LogP contribution < -0.4 is 4.74 Å². The molecule has 0 atom stereocenters. The number of carboxylic acids is 1.